The fourth-order valence-electron chi connectivity index (χ4n) is 2.13. The van der Waals surface area contributed by atoms with Gasteiger partial charge < -0.3 is 10.4 Å². The Morgan fingerprint density at radius 1 is 1.04 bits per heavy atom. The molecule has 0 aliphatic heterocycles. The lowest BCUT2D eigenvalue weighted by Crippen LogP contribution is -2.13. The number of hydrogen-bond acceptors (Lipinski definition) is 6. The summed E-state index contributed by atoms with van der Waals surface area (Å²) in [6.45, 7) is 1.52. The Kier molecular flexibility index (Phi) is 4.55. The van der Waals surface area contributed by atoms with E-state index in [1.807, 2.05) is 0 Å². The SMILES string of the molecule is CCC(=O)Nc1ccc2c(O)cc(S(=O)(=O)O)cc2c1S(=O)(=O)O. The molecule has 0 aliphatic carbocycles. The molecular weight excluding hydrogens is 362 g/mol. The van der Waals surface area contributed by atoms with E-state index in [1.165, 1.54) is 13.0 Å². The van der Waals surface area contributed by atoms with Crippen molar-refractivity contribution in [3.8, 4) is 5.75 Å². The number of rotatable bonds is 4. The van der Waals surface area contributed by atoms with Crippen molar-refractivity contribution in [2.45, 2.75) is 23.1 Å². The molecule has 0 saturated heterocycles. The third-order valence-electron chi connectivity index (χ3n) is 3.19. The molecular formula is C13H13NO8S2. The minimum Gasteiger partial charge on any atom is -0.507 e. The number of nitrogens with one attached hydrogen (secondary N) is 1. The van der Waals surface area contributed by atoms with Crippen LogP contribution in [-0.2, 0) is 25.0 Å². The maximum Gasteiger partial charge on any atom is 0.297 e. The first kappa shape index (κ1) is 18.1. The molecule has 0 bridgehead atoms. The van der Waals surface area contributed by atoms with E-state index in [9.17, 15) is 31.3 Å². The second-order valence-electron chi connectivity index (χ2n) is 4.83. The quantitative estimate of drug-likeness (QED) is 0.584. The van der Waals surface area contributed by atoms with Crippen molar-refractivity contribution in [1.82, 2.24) is 0 Å². The van der Waals surface area contributed by atoms with E-state index in [2.05, 4.69) is 5.32 Å². The van der Waals surface area contributed by atoms with Crippen molar-refractivity contribution in [3.63, 3.8) is 0 Å². The molecule has 11 heteroatoms. The van der Waals surface area contributed by atoms with E-state index in [1.54, 1.807) is 0 Å². The molecule has 1 amide bonds. The van der Waals surface area contributed by atoms with Crippen LogP contribution in [0.2, 0.25) is 0 Å². The molecule has 130 valence electrons. The molecule has 0 aliphatic rings. The van der Waals surface area contributed by atoms with E-state index >= 15 is 0 Å². The second-order valence-corrected chi connectivity index (χ2v) is 7.61. The number of fused-ring (bicyclic) bond motifs is 1. The minimum absolute atomic E-state index is 0.0270. The number of phenols is 1. The van der Waals surface area contributed by atoms with Gasteiger partial charge in [0.1, 0.15) is 10.6 Å². The number of benzene rings is 2. The zero-order chi connectivity index (χ0) is 18.3. The topological polar surface area (TPSA) is 158 Å². The third kappa shape index (κ3) is 3.48. The first-order valence-corrected chi connectivity index (χ1v) is 9.37. The van der Waals surface area contributed by atoms with Crippen LogP contribution in [0.5, 0.6) is 5.75 Å². The van der Waals surface area contributed by atoms with Gasteiger partial charge in [-0.15, -0.1) is 0 Å². The molecule has 4 N–H and O–H groups in total. The molecule has 0 aromatic heterocycles. The summed E-state index contributed by atoms with van der Waals surface area (Å²) in [5.74, 6) is -1.17. The van der Waals surface area contributed by atoms with Crippen LogP contribution in [0.25, 0.3) is 10.8 Å². The average Bonchev–Trinajstić information content (AvgIpc) is 2.44. The molecule has 0 heterocycles. The zero-order valence-electron chi connectivity index (χ0n) is 12.2. The Labute approximate surface area is 137 Å². The summed E-state index contributed by atoms with van der Waals surface area (Å²) in [5, 5.41) is 11.7. The molecule has 0 fully saturated rings. The molecule has 0 radical (unpaired) electrons. The first-order valence-electron chi connectivity index (χ1n) is 6.49. The van der Waals surface area contributed by atoms with Crippen LogP contribution in [-0.4, -0.2) is 37.0 Å². The van der Waals surface area contributed by atoms with Crippen molar-refractivity contribution < 1.29 is 35.8 Å². The Balaban J connectivity index is 2.96. The van der Waals surface area contributed by atoms with Crippen molar-refractivity contribution >= 4 is 42.6 Å². The summed E-state index contributed by atoms with van der Waals surface area (Å²) in [5.41, 5.74) is -0.288. The second kappa shape index (κ2) is 6.02. The lowest BCUT2D eigenvalue weighted by molar-refractivity contribution is -0.115. The normalized spacial score (nSPS) is 12.3. The highest BCUT2D eigenvalue weighted by molar-refractivity contribution is 7.86. The fourth-order valence-corrected chi connectivity index (χ4v) is 3.50. The Bertz CT molecular complexity index is 1040. The van der Waals surface area contributed by atoms with Gasteiger partial charge in [-0.2, -0.15) is 16.8 Å². The van der Waals surface area contributed by atoms with Crippen LogP contribution < -0.4 is 5.32 Å². The van der Waals surface area contributed by atoms with Crippen molar-refractivity contribution in [1.29, 1.82) is 0 Å². The molecule has 0 atom stereocenters. The summed E-state index contributed by atoms with van der Waals surface area (Å²) in [7, 11) is -9.64. The lowest BCUT2D eigenvalue weighted by atomic mass is 10.1. The highest BCUT2D eigenvalue weighted by atomic mass is 32.2. The average molecular weight is 375 g/mol. The predicted octanol–water partition coefficient (Wildman–Crippen LogP) is 1.39. The molecule has 0 spiro atoms. The Hall–Kier alpha value is -2.21. The van der Waals surface area contributed by atoms with Gasteiger partial charge in [0.2, 0.25) is 5.91 Å². The number of aromatic hydroxyl groups is 1. The van der Waals surface area contributed by atoms with Crippen LogP contribution in [0.1, 0.15) is 13.3 Å². The number of amides is 1. The van der Waals surface area contributed by atoms with Crippen LogP contribution in [0.15, 0.2) is 34.1 Å². The number of carbonyl (C=O) groups excluding carboxylic acids is 1. The van der Waals surface area contributed by atoms with E-state index in [0.717, 1.165) is 18.2 Å². The number of carbonyl (C=O) groups is 1. The molecule has 0 unspecified atom stereocenters. The molecule has 2 aromatic carbocycles. The summed E-state index contributed by atoms with van der Waals surface area (Å²) in [6, 6.07) is 3.88. The molecule has 24 heavy (non-hydrogen) atoms. The minimum atomic E-state index is -4.90. The van der Waals surface area contributed by atoms with Crippen molar-refractivity contribution in [3.05, 3.63) is 24.3 Å². The third-order valence-corrected chi connectivity index (χ3v) is 4.98. The first-order chi connectivity index (χ1) is 10.9. The van der Waals surface area contributed by atoms with Gasteiger partial charge in [-0.05, 0) is 18.2 Å². The van der Waals surface area contributed by atoms with Gasteiger partial charge >= 0.3 is 0 Å². The van der Waals surface area contributed by atoms with E-state index in [4.69, 9.17) is 4.55 Å². The van der Waals surface area contributed by atoms with Crippen LogP contribution in [0, 0.1) is 0 Å². The standard InChI is InChI=1S/C13H13NO8S2/c1-2-12(16)14-10-4-3-8-9(13(10)24(20,21)22)5-7(6-11(8)15)23(17,18)19/h3-6,15H,2H2,1H3,(H,14,16)(H,17,18,19)(H,20,21,22). The van der Waals surface area contributed by atoms with Gasteiger partial charge in [-0.3, -0.25) is 13.9 Å². The van der Waals surface area contributed by atoms with E-state index in [0.29, 0.717) is 0 Å². The summed E-state index contributed by atoms with van der Waals surface area (Å²) in [4.78, 5) is 9.96. The maximum atomic E-state index is 11.7. The Morgan fingerprint density at radius 3 is 2.17 bits per heavy atom. The number of phenolic OH excluding ortho intramolecular Hbond substituents is 1. The monoisotopic (exact) mass is 375 g/mol. The lowest BCUT2D eigenvalue weighted by Gasteiger charge is -2.13. The van der Waals surface area contributed by atoms with Gasteiger partial charge in [0.05, 0.1) is 10.6 Å². The fraction of sp³-hybridized carbons (Fsp3) is 0.154. The van der Waals surface area contributed by atoms with E-state index in [-0.39, 0.29) is 22.9 Å². The highest BCUT2D eigenvalue weighted by Gasteiger charge is 2.24. The summed E-state index contributed by atoms with van der Waals surface area (Å²) in [6.07, 6.45) is 0.0270. The van der Waals surface area contributed by atoms with Gasteiger partial charge in [-0.1, -0.05) is 6.92 Å². The summed E-state index contributed by atoms with van der Waals surface area (Å²) >= 11 is 0. The highest BCUT2D eigenvalue weighted by Crippen LogP contribution is 2.36. The van der Waals surface area contributed by atoms with Crippen molar-refractivity contribution in [2.24, 2.45) is 0 Å². The predicted molar refractivity (Wildman–Crippen MR) is 84.2 cm³/mol. The van der Waals surface area contributed by atoms with Crippen LogP contribution >= 0.6 is 0 Å². The van der Waals surface area contributed by atoms with E-state index < -0.39 is 41.7 Å². The largest absolute Gasteiger partial charge is 0.507 e. The van der Waals surface area contributed by atoms with Gasteiger partial charge in [0.25, 0.3) is 20.2 Å². The van der Waals surface area contributed by atoms with Crippen LogP contribution in [0.3, 0.4) is 0 Å². The van der Waals surface area contributed by atoms with Crippen LogP contribution in [0.4, 0.5) is 5.69 Å². The molecule has 9 nitrogen and oxygen atoms in total. The Morgan fingerprint density at radius 2 is 1.67 bits per heavy atom. The molecule has 2 rings (SSSR count). The zero-order valence-corrected chi connectivity index (χ0v) is 13.8. The number of anilines is 1. The molecule has 2 aromatic rings. The molecule has 0 saturated carbocycles. The van der Waals surface area contributed by atoms with Gasteiger partial charge in [-0.25, -0.2) is 0 Å². The summed E-state index contributed by atoms with van der Waals surface area (Å²) < 4.78 is 64.5. The van der Waals surface area contributed by atoms with Gasteiger partial charge in [0.15, 0.2) is 0 Å². The smallest absolute Gasteiger partial charge is 0.297 e. The maximum absolute atomic E-state index is 11.7. The van der Waals surface area contributed by atoms with Gasteiger partial charge in [0, 0.05) is 23.3 Å². The van der Waals surface area contributed by atoms with Crippen molar-refractivity contribution in [2.75, 3.05) is 5.32 Å². The number of hydrogen-bond donors (Lipinski definition) is 4.